The van der Waals surface area contributed by atoms with Crippen molar-refractivity contribution in [3.8, 4) is 0 Å². The van der Waals surface area contributed by atoms with Crippen LogP contribution in [-0.4, -0.2) is 35.8 Å². The summed E-state index contributed by atoms with van der Waals surface area (Å²) in [6, 6.07) is 0.0120. The van der Waals surface area contributed by atoms with Gasteiger partial charge in [-0.05, 0) is 58.3 Å². The Morgan fingerprint density at radius 2 is 1.71 bits per heavy atom. The van der Waals surface area contributed by atoms with Crippen molar-refractivity contribution >= 4 is 22.7 Å². The molecule has 2 rings (SSSR count). The van der Waals surface area contributed by atoms with Crippen molar-refractivity contribution in [2.45, 2.75) is 78.1 Å². The van der Waals surface area contributed by atoms with Crippen molar-refractivity contribution in [3.05, 3.63) is 0 Å². The van der Waals surface area contributed by atoms with Crippen molar-refractivity contribution in [3.63, 3.8) is 0 Å². The minimum absolute atomic E-state index is 0.00600. The number of rotatable bonds is 5. The fourth-order valence-electron chi connectivity index (χ4n) is 5.02. The Hall–Kier alpha value is 0.260. The fourth-order valence-corrected chi connectivity index (χ4v) is 8.75. The van der Waals surface area contributed by atoms with E-state index in [9.17, 15) is 8.42 Å². The zero-order valence-corrected chi connectivity index (χ0v) is 16.0. The molecule has 0 aromatic rings. The lowest BCUT2D eigenvalue weighted by atomic mass is 9.70. The summed E-state index contributed by atoms with van der Waals surface area (Å²) in [6.45, 7) is 12.4. The predicted octanol–water partition coefficient (Wildman–Crippen LogP) is 3.56. The Bertz CT molecular complexity index is 490. The van der Waals surface area contributed by atoms with E-state index >= 15 is 0 Å². The first kappa shape index (κ1) is 17.6. The molecule has 0 saturated heterocycles. The molecule has 0 spiro atoms. The van der Waals surface area contributed by atoms with E-state index in [-0.39, 0.29) is 33.9 Å². The molecule has 3 nitrogen and oxygen atoms in total. The van der Waals surface area contributed by atoms with E-state index in [1.807, 2.05) is 27.7 Å². The molecule has 0 heterocycles. The molecule has 0 radical (unpaired) electrons. The summed E-state index contributed by atoms with van der Waals surface area (Å²) in [5, 5.41) is 0.210. The van der Waals surface area contributed by atoms with Gasteiger partial charge in [0, 0.05) is 22.7 Å². The fraction of sp³-hybridized carbons (Fsp3) is 1.00. The van der Waals surface area contributed by atoms with Gasteiger partial charge in [-0.25, -0.2) is 8.42 Å². The number of thiol groups is 1. The number of fused-ring (bicyclic) bond motifs is 2. The molecule has 0 aromatic heterocycles. The molecule has 2 aliphatic rings. The second kappa shape index (κ2) is 5.41. The SMILES string of the molecule is CC(C)N(C(C)C)S(=O)(=O)C[C@]12CC[C@H](C[C@H]1S)C2(C)C. The van der Waals surface area contributed by atoms with Crippen LogP contribution in [0.15, 0.2) is 0 Å². The highest BCUT2D eigenvalue weighted by Crippen LogP contribution is 2.67. The van der Waals surface area contributed by atoms with Crippen molar-refractivity contribution in [2.75, 3.05) is 5.75 Å². The van der Waals surface area contributed by atoms with E-state index < -0.39 is 10.0 Å². The van der Waals surface area contributed by atoms with Gasteiger partial charge in [0.05, 0.1) is 5.75 Å². The third-order valence-electron chi connectivity index (χ3n) is 6.17. The summed E-state index contributed by atoms with van der Waals surface area (Å²) in [5.41, 5.74) is -0.0895. The maximum Gasteiger partial charge on any atom is 0.215 e. The van der Waals surface area contributed by atoms with Crippen LogP contribution >= 0.6 is 12.6 Å². The van der Waals surface area contributed by atoms with Gasteiger partial charge in [0.25, 0.3) is 0 Å². The van der Waals surface area contributed by atoms with Crippen LogP contribution in [0, 0.1) is 16.7 Å². The molecule has 0 unspecified atom stereocenters. The van der Waals surface area contributed by atoms with Crippen LogP contribution in [0.25, 0.3) is 0 Å². The predicted molar refractivity (Wildman–Crippen MR) is 92.2 cm³/mol. The number of sulfonamides is 1. The van der Waals surface area contributed by atoms with Gasteiger partial charge in [-0.1, -0.05) is 13.8 Å². The average molecular weight is 334 g/mol. The van der Waals surface area contributed by atoms with Gasteiger partial charge in [0.2, 0.25) is 10.0 Å². The molecule has 2 aliphatic carbocycles. The molecule has 21 heavy (non-hydrogen) atoms. The van der Waals surface area contributed by atoms with Gasteiger partial charge >= 0.3 is 0 Å². The lowest BCUT2D eigenvalue weighted by molar-refractivity contribution is 0.156. The summed E-state index contributed by atoms with van der Waals surface area (Å²) >= 11 is 4.80. The van der Waals surface area contributed by atoms with Crippen molar-refractivity contribution in [2.24, 2.45) is 16.7 Å². The molecule has 2 fully saturated rings. The van der Waals surface area contributed by atoms with Crippen LogP contribution in [0.5, 0.6) is 0 Å². The smallest absolute Gasteiger partial charge is 0.212 e. The molecule has 2 bridgehead atoms. The molecular formula is C16H31NO2S2. The van der Waals surface area contributed by atoms with Crippen LogP contribution in [0.3, 0.4) is 0 Å². The first-order valence-corrected chi connectivity index (χ1v) is 10.3. The molecule has 124 valence electrons. The molecule has 0 aliphatic heterocycles. The summed E-state index contributed by atoms with van der Waals surface area (Å²) in [4.78, 5) is 0. The average Bonchev–Trinajstić information content (AvgIpc) is 2.60. The molecular weight excluding hydrogens is 302 g/mol. The van der Waals surface area contributed by atoms with Crippen LogP contribution in [0.4, 0.5) is 0 Å². The Balaban J connectivity index is 2.36. The summed E-state index contributed by atoms with van der Waals surface area (Å²) < 4.78 is 27.8. The quantitative estimate of drug-likeness (QED) is 0.781. The van der Waals surface area contributed by atoms with Gasteiger partial charge in [-0.3, -0.25) is 0 Å². The highest BCUT2D eigenvalue weighted by molar-refractivity contribution is 7.89. The first-order chi connectivity index (χ1) is 9.45. The van der Waals surface area contributed by atoms with Gasteiger partial charge in [0.1, 0.15) is 0 Å². The first-order valence-electron chi connectivity index (χ1n) is 8.15. The number of hydrogen-bond donors (Lipinski definition) is 1. The zero-order valence-electron chi connectivity index (χ0n) is 14.3. The van der Waals surface area contributed by atoms with E-state index in [1.54, 1.807) is 4.31 Å². The van der Waals surface area contributed by atoms with E-state index in [1.165, 1.54) is 0 Å². The van der Waals surface area contributed by atoms with Gasteiger partial charge < -0.3 is 0 Å². The lowest BCUT2D eigenvalue weighted by Crippen LogP contribution is -2.50. The second-order valence-corrected chi connectivity index (χ2v) is 10.6. The maximum absolute atomic E-state index is 13.1. The molecule has 0 N–H and O–H groups in total. The third-order valence-corrected chi connectivity index (χ3v) is 9.24. The summed E-state index contributed by atoms with van der Waals surface area (Å²) in [6.07, 6.45) is 3.22. The minimum Gasteiger partial charge on any atom is -0.212 e. The van der Waals surface area contributed by atoms with Crippen LogP contribution in [0.2, 0.25) is 0 Å². The third kappa shape index (κ3) is 2.57. The van der Waals surface area contributed by atoms with Crippen molar-refractivity contribution in [1.29, 1.82) is 0 Å². The normalized spacial score (nSPS) is 35.3. The highest BCUT2D eigenvalue weighted by Gasteiger charge is 2.64. The Kier molecular flexibility index (Phi) is 4.54. The van der Waals surface area contributed by atoms with E-state index in [0.717, 1.165) is 19.3 Å². The molecule has 0 aromatic carbocycles. The highest BCUT2D eigenvalue weighted by atomic mass is 32.2. The largest absolute Gasteiger partial charge is 0.215 e. The Morgan fingerprint density at radius 1 is 1.19 bits per heavy atom. The van der Waals surface area contributed by atoms with Crippen LogP contribution < -0.4 is 0 Å². The molecule has 0 amide bonds. The van der Waals surface area contributed by atoms with Gasteiger partial charge in [0.15, 0.2) is 0 Å². The number of nitrogens with zero attached hydrogens (tertiary/aromatic N) is 1. The van der Waals surface area contributed by atoms with E-state index in [2.05, 4.69) is 13.8 Å². The van der Waals surface area contributed by atoms with Gasteiger partial charge in [-0.15, -0.1) is 0 Å². The molecule has 5 heteroatoms. The van der Waals surface area contributed by atoms with Crippen LogP contribution in [0.1, 0.15) is 60.8 Å². The second-order valence-electron chi connectivity index (χ2n) is 8.14. The minimum atomic E-state index is -3.27. The maximum atomic E-state index is 13.1. The van der Waals surface area contributed by atoms with Gasteiger partial charge in [-0.2, -0.15) is 16.9 Å². The molecule has 2 saturated carbocycles. The topological polar surface area (TPSA) is 37.4 Å². The van der Waals surface area contributed by atoms with Crippen LogP contribution in [-0.2, 0) is 10.0 Å². The Labute approximate surface area is 136 Å². The molecule has 3 atom stereocenters. The monoisotopic (exact) mass is 333 g/mol. The van der Waals surface area contributed by atoms with E-state index in [0.29, 0.717) is 5.92 Å². The summed E-state index contributed by atoms with van der Waals surface area (Å²) in [5.74, 6) is 0.885. The standard InChI is InChI=1S/C16H31NO2S2/c1-11(2)17(12(3)4)21(18,19)10-16-8-7-13(9-14(16)20)15(16,5)6/h11-14,20H,7-10H2,1-6H3/t13-,14-,16-/m1/s1. The zero-order chi connectivity index (χ0) is 16.2. The lowest BCUT2D eigenvalue weighted by Gasteiger charge is -2.43. The van der Waals surface area contributed by atoms with Crippen molar-refractivity contribution < 1.29 is 8.42 Å². The van der Waals surface area contributed by atoms with Crippen molar-refractivity contribution in [1.82, 2.24) is 4.31 Å². The Morgan fingerprint density at radius 3 is 2.05 bits per heavy atom. The summed E-state index contributed by atoms with van der Waals surface area (Å²) in [7, 11) is -3.27. The van der Waals surface area contributed by atoms with E-state index in [4.69, 9.17) is 12.6 Å². The number of hydrogen-bond acceptors (Lipinski definition) is 3.